The third-order valence-corrected chi connectivity index (χ3v) is 6.25. The molecular weight excluding hydrogens is 416 g/mol. The van der Waals surface area contributed by atoms with E-state index in [0.717, 1.165) is 35.5 Å². The van der Waals surface area contributed by atoms with E-state index < -0.39 is 17.7 Å². The van der Waals surface area contributed by atoms with Crippen molar-refractivity contribution >= 4 is 17.4 Å². The first-order valence-electron chi connectivity index (χ1n) is 11.6. The highest BCUT2D eigenvalue weighted by molar-refractivity contribution is 6.46. The molecule has 6 nitrogen and oxygen atoms in total. The molecule has 1 aliphatic heterocycles. The standard InChI is InChI=1S/C27H34N2O4/c1-6-28(7-2)15-16-29-24(20-11-13-21(14-12-20)33-8-3)23(26(31)27(29)32)25(30)22-17-18(4)9-10-19(22)5/h9-14,17,24,30H,6-8,15-16H2,1-5H3/b25-23+. The average Bonchev–Trinajstić information content (AvgIpc) is 3.06. The molecule has 2 aromatic rings. The third-order valence-electron chi connectivity index (χ3n) is 6.25. The summed E-state index contributed by atoms with van der Waals surface area (Å²) >= 11 is 0. The van der Waals surface area contributed by atoms with Gasteiger partial charge in [0.05, 0.1) is 18.2 Å². The maximum Gasteiger partial charge on any atom is 0.295 e. The van der Waals surface area contributed by atoms with Crippen LogP contribution < -0.4 is 4.74 Å². The van der Waals surface area contributed by atoms with Crippen LogP contribution in [0.1, 0.15) is 49.1 Å². The van der Waals surface area contributed by atoms with E-state index in [1.165, 1.54) is 0 Å². The predicted molar refractivity (Wildman–Crippen MR) is 130 cm³/mol. The summed E-state index contributed by atoms with van der Waals surface area (Å²) in [6.07, 6.45) is 0. The Hall–Kier alpha value is -3.12. The number of ether oxygens (including phenoxy) is 1. The largest absolute Gasteiger partial charge is 0.507 e. The van der Waals surface area contributed by atoms with Crippen molar-refractivity contribution in [1.29, 1.82) is 0 Å². The lowest BCUT2D eigenvalue weighted by atomic mass is 9.93. The number of amides is 1. The van der Waals surface area contributed by atoms with Gasteiger partial charge in [-0.2, -0.15) is 0 Å². The number of Topliss-reactive ketones (excluding diaryl/α,β-unsaturated/α-hetero) is 1. The van der Waals surface area contributed by atoms with E-state index in [-0.39, 0.29) is 11.3 Å². The van der Waals surface area contributed by atoms with Crippen LogP contribution in [0.3, 0.4) is 0 Å². The lowest BCUT2D eigenvalue weighted by molar-refractivity contribution is -0.140. The SMILES string of the molecule is CCOc1ccc(C2/C(=C(\O)c3cc(C)ccc3C)C(=O)C(=O)N2CCN(CC)CC)cc1. The van der Waals surface area contributed by atoms with Crippen LogP contribution in [0.15, 0.2) is 48.0 Å². The van der Waals surface area contributed by atoms with E-state index in [2.05, 4.69) is 18.7 Å². The van der Waals surface area contributed by atoms with E-state index in [0.29, 0.717) is 25.3 Å². The first-order chi connectivity index (χ1) is 15.8. The second-order valence-corrected chi connectivity index (χ2v) is 8.34. The van der Waals surface area contributed by atoms with Crippen LogP contribution in [0.4, 0.5) is 0 Å². The van der Waals surface area contributed by atoms with Gasteiger partial charge in [0.2, 0.25) is 0 Å². The summed E-state index contributed by atoms with van der Waals surface area (Å²) < 4.78 is 5.56. The molecule has 3 rings (SSSR count). The number of nitrogens with zero attached hydrogens (tertiary/aromatic N) is 2. The molecule has 1 aliphatic rings. The molecule has 0 bridgehead atoms. The van der Waals surface area contributed by atoms with E-state index in [1.54, 1.807) is 4.90 Å². The molecule has 33 heavy (non-hydrogen) atoms. The van der Waals surface area contributed by atoms with Crippen molar-refractivity contribution in [2.45, 2.75) is 40.7 Å². The van der Waals surface area contributed by atoms with Crippen LogP contribution in [0.2, 0.25) is 0 Å². The summed E-state index contributed by atoms with van der Waals surface area (Å²) in [5, 5.41) is 11.3. The highest BCUT2D eigenvalue weighted by atomic mass is 16.5. The van der Waals surface area contributed by atoms with Gasteiger partial charge in [-0.15, -0.1) is 0 Å². The van der Waals surface area contributed by atoms with Crippen molar-refractivity contribution in [2.75, 3.05) is 32.8 Å². The molecule has 0 radical (unpaired) electrons. The fraction of sp³-hybridized carbons (Fsp3) is 0.407. The molecule has 6 heteroatoms. The summed E-state index contributed by atoms with van der Waals surface area (Å²) in [7, 11) is 0. The number of carbonyl (C=O) groups is 2. The zero-order valence-corrected chi connectivity index (χ0v) is 20.2. The highest BCUT2D eigenvalue weighted by Crippen LogP contribution is 2.40. The number of likely N-dealkylation sites (N-methyl/N-ethyl adjacent to an activating group) is 1. The molecule has 1 N–H and O–H groups in total. The van der Waals surface area contributed by atoms with Crippen molar-refractivity contribution in [2.24, 2.45) is 0 Å². The highest BCUT2D eigenvalue weighted by Gasteiger charge is 2.46. The molecule has 1 atom stereocenters. The molecule has 0 aromatic heterocycles. The number of ketones is 1. The lowest BCUT2D eigenvalue weighted by Crippen LogP contribution is -2.38. The van der Waals surface area contributed by atoms with E-state index in [1.807, 2.05) is 63.2 Å². The first-order valence-corrected chi connectivity index (χ1v) is 11.6. The molecule has 1 fully saturated rings. The van der Waals surface area contributed by atoms with Gasteiger partial charge in [-0.25, -0.2) is 0 Å². The van der Waals surface area contributed by atoms with Crippen LogP contribution in [-0.4, -0.2) is 59.4 Å². The first kappa shape index (κ1) is 24.5. The Morgan fingerprint density at radius 2 is 1.70 bits per heavy atom. The van der Waals surface area contributed by atoms with Gasteiger partial charge in [0.1, 0.15) is 11.5 Å². The number of aliphatic hydroxyl groups excluding tert-OH is 1. The molecule has 1 heterocycles. The molecule has 0 saturated carbocycles. The fourth-order valence-electron chi connectivity index (χ4n) is 4.30. The zero-order valence-electron chi connectivity index (χ0n) is 20.2. The average molecular weight is 451 g/mol. The van der Waals surface area contributed by atoms with Crippen molar-refractivity contribution in [3.63, 3.8) is 0 Å². The second kappa shape index (κ2) is 10.7. The quantitative estimate of drug-likeness (QED) is 0.347. The number of hydrogen-bond acceptors (Lipinski definition) is 5. The van der Waals surface area contributed by atoms with Crippen LogP contribution in [0.25, 0.3) is 5.76 Å². The lowest BCUT2D eigenvalue weighted by Gasteiger charge is -2.28. The normalized spacial score (nSPS) is 17.8. The summed E-state index contributed by atoms with van der Waals surface area (Å²) in [5.74, 6) is -0.630. The topological polar surface area (TPSA) is 70.1 Å². The molecule has 1 saturated heterocycles. The zero-order chi connectivity index (χ0) is 24.1. The monoisotopic (exact) mass is 450 g/mol. The molecular formula is C27H34N2O4. The Bertz CT molecular complexity index is 1040. The van der Waals surface area contributed by atoms with Gasteiger partial charge < -0.3 is 19.6 Å². The van der Waals surface area contributed by atoms with Gasteiger partial charge in [-0.05, 0) is 63.2 Å². The molecule has 1 unspecified atom stereocenters. The van der Waals surface area contributed by atoms with E-state index in [9.17, 15) is 14.7 Å². The fourth-order valence-corrected chi connectivity index (χ4v) is 4.30. The molecule has 0 spiro atoms. The minimum atomic E-state index is -0.656. The van der Waals surface area contributed by atoms with E-state index in [4.69, 9.17) is 4.74 Å². The van der Waals surface area contributed by atoms with Gasteiger partial charge >= 0.3 is 0 Å². The number of aryl methyl sites for hydroxylation is 2. The molecule has 2 aromatic carbocycles. The van der Waals surface area contributed by atoms with Gasteiger partial charge in [-0.3, -0.25) is 9.59 Å². The van der Waals surface area contributed by atoms with Gasteiger partial charge in [0, 0.05) is 18.7 Å². The summed E-state index contributed by atoms with van der Waals surface area (Å²) in [5.41, 5.74) is 3.29. The number of hydrogen-bond donors (Lipinski definition) is 1. The summed E-state index contributed by atoms with van der Waals surface area (Å²) in [4.78, 5) is 30.1. The maximum atomic E-state index is 13.2. The van der Waals surface area contributed by atoms with Crippen molar-refractivity contribution in [1.82, 2.24) is 9.80 Å². The molecule has 0 aliphatic carbocycles. The Morgan fingerprint density at radius 3 is 2.30 bits per heavy atom. The Labute approximate surface area is 196 Å². The molecule has 176 valence electrons. The van der Waals surface area contributed by atoms with Crippen molar-refractivity contribution in [3.8, 4) is 5.75 Å². The third kappa shape index (κ3) is 5.11. The van der Waals surface area contributed by atoms with E-state index >= 15 is 0 Å². The van der Waals surface area contributed by atoms with Crippen LogP contribution >= 0.6 is 0 Å². The van der Waals surface area contributed by atoms with Gasteiger partial charge in [-0.1, -0.05) is 43.7 Å². The smallest absolute Gasteiger partial charge is 0.295 e. The number of benzene rings is 2. The van der Waals surface area contributed by atoms with Crippen LogP contribution in [0.5, 0.6) is 5.75 Å². The Morgan fingerprint density at radius 1 is 1.03 bits per heavy atom. The maximum absolute atomic E-state index is 13.2. The summed E-state index contributed by atoms with van der Waals surface area (Å²) in [6.45, 7) is 13.2. The second-order valence-electron chi connectivity index (χ2n) is 8.34. The summed E-state index contributed by atoms with van der Waals surface area (Å²) in [6, 6.07) is 12.5. The molecule has 1 amide bonds. The number of likely N-dealkylation sites (tertiary alicyclic amines) is 1. The minimum Gasteiger partial charge on any atom is -0.507 e. The number of aliphatic hydroxyl groups is 1. The minimum absolute atomic E-state index is 0.126. The van der Waals surface area contributed by atoms with Crippen LogP contribution in [0, 0.1) is 13.8 Å². The Balaban J connectivity index is 2.12. The number of rotatable bonds is 9. The van der Waals surface area contributed by atoms with Gasteiger partial charge in [0.25, 0.3) is 11.7 Å². The van der Waals surface area contributed by atoms with Crippen molar-refractivity contribution in [3.05, 3.63) is 70.3 Å². The van der Waals surface area contributed by atoms with Crippen LogP contribution in [-0.2, 0) is 9.59 Å². The number of carbonyl (C=O) groups excluding carboxylic acids is 2. The Kier molecular flexibility index (Phi) is 7.92. The van der Waals surface area contributed by atoms with Crippen molar-refractivity contribution < 1.29 is 19.4 Å². The van der Waals surface area contributed by atoms with Gasteiger partial charge in [0.15, 0.2) is 0 Å². The predicted octanol–water partition coefficient (Wildman–Crippen LogP) is 4.47.